The molecule has 0 saturated heterocycles. The summed E-state index contributed by atoms with van der Waals surface area (Å²) in [7, 11) is 0. The van der Waals surface area contributed by atoms with E-state index in [0.29, 0.717) is 17.5 Å². The third kappa shape index (κ3) is 3.78. The van der Waals surface area contributed by atoms with Gasteiger partial charge in [0.2, 0.25) is 0 Å². The Morgan fingerprint density at radius 1 is 1.06 bits per heavy atom. The molecule has 0 amide bonds. The van der Waals surface area contributed by atoms with Crippen molar-refractivity contribution in [3.8, 4) is 0 Å². The van der Waals surface area contributed by atoms with E-state index >= 15 is 0 Å². The maximum Gasteiger partial charge on any atom is 0.187 e. The van der Waals surface area contributed by atoms with Crippen LogP contribution < -0.4 is 5.73 Å². The van der Waals surface area contributed by atoms with Crippen LogP contribution >= 0.6 is 0 Å². The summed E-state index contributed by atoms with van der Waals surface area (Å²) in [5.74, 6) is 1.12. The van der Waals surface area contributed by atoms with Crippen LogP contribution in [0.5, 0.6) is 0 Å². The zero-order valence-corrected chi connectivity index (χ0v) is 11.2. The van der Waals surface area contributed by atoms with E-state index in [9.17, 15) is 0 Å². The zero-order chi connectivity index (χ0) is 13.0. The van der Waals surface area contributed by atoms with Crippen molar-refractivity contribution in [2.75, 3.05) is 5.73 Å². The Hall–Kier alpha value is -1.49. The van der Waals surface area contributed by atoms with E-state index in [1.54, 1.807) is 0 Å². The third-order valence-corrected chi connectivity index (χ3v) is 2.72. The van der Waals surface area contributed by atoms with Gasteiger partial charge in [0, 0.05) is 5.69 Å². The summed E-state index contributed by atoms with van der Waals surface area (Å²) in [6, 6.07) is 3.87. The molecule has 0 spiro atoms. The van der Waals surface area contributed by atoms with Gasteiger partial charge < -0.3 is 5.73 Å². The zero-order valence-electron chi connectivity index (χ0n) is 11.2. The maximum atomic E-state index is 7.16. The molecule has 0 aliphatic heterocycles. The van der Waals surface area contributed by atoms with Crippen LogP contribution in [0.1, 0.15) is 38.8 Å². The number of nitrogen functional groups attached to an aromatic ring is 1. The van der Waals surface area contributed by atoms with Crippen molar-refractivity contribution in [3.05, 3.63) is 34.7 Å². The summed E-state index contributed by atoms with van der Waals surface area (Å²) < 4.78 is 0. The SMILES string of the molecule is [C-]#[N+]c1cc(CC(C)C)c(N)c(CC(C)C)c1. The average Bonchev–Trinajstić information content (AvgIpc) is 2.22. The van der Waals surface area contributed by atoms with Gasteiger partial charge in [0.1, 0.15) is 0 Å². The molecular formula is C15H22N2. The molecule has 17 heavy (non-hydrogen) atoms. The van der Waals surface area contributed by atoms with E-state index in [2.05, 4.69) is 32.5 Å². The van der Waals surface area contributed by atoms with E-state index in [1.165, 1.54) is 0 Å². The smallest absolute Gasteiger partial charge is 0.187 e. The fourth-order valence-electron chi connectivity index (χ4n) is 2.04. The Kier molecular flexibility index (Phi) is 4.57. The van der Waals surface area contributed by atoms with Crippen molar-refractivity contribution in [3.63, 3.8) is 0 Å². The number of hydrogen-bond acceptors (Lipinski definition) is 1. The molecule has 0 aromatic heterocycles. The van der Waals surface area contributed by atoms with E-state index < -0.39 is 0 Å². The second-order valence-electron chi connectivity index (χ2n) is 5.49. The van der Waals surface area contributed by atoms with Crippen molar-refractivity contribution < 1.29 is 0 Å². The first-order valence-corrected chi connectivity index (χ1v) is 6.22. The molecule has 1 rings (SSSR count). The lowest BCUT2D eigenvalue weighted by Gasteiger charge is -2.15. The second kappa shape index (κ2) is 5.72. The van der Waals surface area contributed by atoms with Crippen LogP contribution in [0.2, 0.25) is 0 Å². The first kappa shape index (κ1) is 13.6. The van der Waals surface area contributed by atoms with Gasteiger partial charge in [-0.15, -0.1) is 0 Å². The van der Waals surface area contributed by atoms with Crippen LogP contribution in [-0.2, 0) is 12.8 Å². The van der Waals surface area contributed by atoms with Crippen molar-refractivity contribution in [2.45, 2.75) is 40.5 Å². The lowest BCUT2D eigenvalue weighted by molar-refractivity contribution is 0.638. The Balaban J connectivity index is 3.17. The quantitative estimate of drug-likeness (QED) is 0.609. The van der Waals surface area contributed by atoms with E-state index in [-0.39, 0.29) is 0 Å². The molecule has 0 aliphatic rings. The summed E-state index contributed by atoms with van der Waals surface area (Å²) in [5, 5.41) is 0. The van der Waals surface area contributed by atoms with E-state index in [4.69, 9.17) is 12.3 Å². The van der Waals surface area contributed by atoms with Crippen LogP contribution in [0.4, 0.5) is 11.4 Å². The Labute approximate surface area is 105 Å². The topological polar surface area (TPSA) is 30.4 Å². The minimum Gasteiger partial charge on any atom is -0.398 e. The predicted octanol–water partition coefficient (Wildman–Crippen LogP) is 4.22. The normalized spacial score (nSPS) is 10.9. The van der Waals surface area contributed by atoms with Crippen molar-refractivity contribution in [1.82, 2.24) is 0 Å². The minimum absolute atomic E-state index is 0.560. The minimum atomic E-state index is 0.560. The Morgan fingerprint density at radius 3 is 1.76 bits per heavy atom. The van der Waals surface area contributed by atoms with E-state index in [0.717, 1.165) is 29.7 Å². The van der Waals surface area contributed by atoms with Crippen LogP contribution in [0, 0.1) is 18.4 Å². The molecule has 1 aromatic rings. The second-order valence-corrected chi connectivity index (χ2v) is 5.49. The monoisotopic (exact) mass is 230 g/mol. The summed E-state index contributed by atoms with van der Waals surface area (Å²) in [6.07, 6.45) is 1.89. The molecule has 0 fully saturated rings. The van der Waals surface area contributed by atoms with Crippen molar-refractivity contribution in [1.29, 1.82) is 0 Å². The van der Waals surface area contributed by atoms with Gasteiger partial charge in [0.05, 0.1) is 6.57 Å². The lowest BCUT2D eigenvalue weighted by Crippen LogP contribution is -2.05. The molecular weight excluding hydrogens is 208 g/mol. The number of benzene rings is 1. The summed E-state index contributed by atoms with van der Waals surface area (Å²) in [5.41, 5.74) is 10.1. The molecule has 0 aliphatic carbocycles. The maximum absolute atomic E-state index is 7.16. The van der Waals surface area contributed by atoms with Crippen LogP contribution in [0.25, 0.3) is 4.85 Å². The highest BCUT2D eigenvalue weighted by molar-refractivity contribution is 5.63. The van der Waals surface area contributed by atoms with Gasteiger partial charge in [-0.1, -0.05) is 39.8 Å². The Morgan fingerprint density at radius 2 is 1.47 bits per heavy atom. The molecule has 2 nitrogen and oxygen atoms in total. The standard InChI is InChI=1S/C15H22N2/c1-10(2)6-12-8-14(17-5)9-13(15(12)16)7-11(3)4/h8-11H,6-7,16H2,1-4H3. The number of hydrogen-bond donors (Lipinski definition) is 1. The first-order chi connectivity index (χ1) is 7.93. The molecule has 0 atom stereocenters. The highest BCUT2D eigenvalue weighted by Crippen LogP contribution is 2.29. The first-order valence-electron chi connectivity index (χ1n) is 6.22. The van der Waals surface area contributed by atoms with Crippen molar-refractivity contribution >= 4 is 11.4 Å². The lowest BCUT2D eigenvalue weighted by atomic mass is 9.94. The van der Waals surface area contributed by atoms with Crippen LogP contribution in [0.15, 0.2) is 12.1 Å². The predicted molar refractivity (Wildman–Crippen MR) is 74.2 cm³/mol. The number of nitrogens with zero attached hydrogens (tertiary/aromatic N) is 1. The third-order valence-electron chi connectivity index (χ3n) is 2.72. The fourth-order valence-corrected chi connectivity index (χ4v) is 2.04. The molecule has 0 saturated carbocycles. The van der Waals surface area contributed by atoms with Gasteiger partial charge in [-0.2, -0.15) is 0 Å². The molecule has 0 bridgehead atoms. The van der Waals surface area contributed by atoms with Gasteiger partial charge in [-0.05, 0) is 35.8 Å². The molecule has 1 aromatic carbocycles. The number of anilines is 1. The van der Waals surface area contributed by atoms with Gasteiger partial charge >= 0.3 is 0 Å². The molecule has 0 unspecified atom stereocenters. The molecule has 0 heterocycles. The average molecular weight is 230 g/mol. The van der Waals surface area contributed by atoms with Crippen LogP contribution in [-0.4, -0.2) is 0 Å². The summed E-state index contributed by atoms with van der Waals surface area (Å²) >= 11 is 0. The van der Waals surface area contributed by atoms with E-state index in [1.807, 2.05) is 12.1 Å². The highest BCUT2D eigenvalue weighted by atomic mass is 14.7. The number of nitrogens with two attached hydrogens (primary N) is 1. The molecule has 0 radical (unpaired) electrons. The largest absolute Gasteiger partial charge is 0.398 e. The van der Waals surface area contributed by atoms with Crippen molar-refractivity contribution in [2.24, 2.45) is 11.8 Å². The van der Waals surface area contributed by atoms with Gasteiger partial charge in [-0.25, -0.2) is 4.85 Å². The molecule has 92 valence electrons. The molecule has 2 N–H and O–H groups in total. The fraction of sp³-hybridized carbons (Fsp3) is 0.533. The Bertz CT molecular complexity index is 394. The molecule has 2 heteroatoms. The summed E-state index contributed by atoms with van der Waals surface area (Å²) in [6.45, 7) is 15.8. The van der Waals surface area contributed by atoms with Gasteiger partial charge in [-0.3, -0.25) is 0 Å². The van der Waals surface area contributed by atoms with Gasteiger partial charge in [0.15, 0.2) is 5.69 Å². The summed E-state index contributed by atoms with van der Waals surface area (Å²) in [4.78, 5) is 3.54. The highest BCUT2D eigenvalue weighted by Gasteiger charge is 2.10. The van der Waals surface area contributed by atoms with Crippen LogP contribution in [0.3, 0.4) is 0 Å². The van der Waals surface area contributed by atoms with Gasteiger partial charge in [0.25, 0.3) is 0 Å². The number of rotatable bonds is 4.